The van der Waals surface area contributed by atoms with Crippen molar-refractivity contribution in [1.29, 1.82) is 0 Å². The maximum atomic E-state index is 11.8. The fourth-order valence-corrected chi connectivity index (χ4v) is 2.36. The van der Waals surface area contributed by atoms with Crippen molar-refractivity contribution in [3.8, 4) is 0 Å². The van der Waals surface area contributed by atoms with E-state index in [0.717, 1.165) is 25.7 Å². The number of carbonyl (C=O) groups excluding carboxylic acids is 2. The van der Waals surface area contributed by atoms with Gasteiger partial charge < -0.3 is 10.2 Å². The van der Waals surface area contributed by atoms with Crippen LogP contribution in [-0.2, 0) is 9.59 Å². The van der Waals surface area contributed by atoms with Gasteiger partial charge in [0.1, 0.15) is 0 Å². The van der Waals surface area contributed by atoms with Crippen LogP contribution in [0.4, 0.5) is 0 Å². The lowest BCUT2D eigenvalue weighted by molar-refractivity contribution is -0.134. The van der Waals surface area contributed by atoms with E-state index in [2.05, 4.69) is 5.32 Å². The van der Waals surface area contributed by atoms with E-state index < -0.39 is 0 Å². The second-order valence-electron chi connectivity index (χ2n) is 4.62. The quantitative estimate of drug-likeness (QED) is 0.792. The highest BCUT2D eigenvalue weighted by molar-refractivity contribution is 5.85. The van der Waals surface area contributed by atoms with E-state index >= 15 is 0 Å². The first-order valence-electron chi connectivity index (χ1n) is 6.74. The summed E-state index contributed by atoms with van der Waals surface area (Å²) >= 11 is 0. The zero-order valence-electron chi connectivity index (χ0n) is 11.0. The number of likely N-dealkylation sites (N-methyl/N-ethyl adjacent to an activating group) is 1. The molecule has 0 aromatic heterocycles. The summed E-state index contributed by atoms with van der Waals surface area (Å²) in [5.74, 6) is 0.206. The normalized spacial score (nSPS) is 16.6. The summed E-state index contributed by atoms with van der Waals surface area (Å²) in [5.41, 5.74) is 0. The minimum Gasteiger partial charge on any atom is -0.347 e. The minimum absolute atomic E-state index is 0.0131. The second-order valence-corrected chi connectivity index (χ2v) is 4.62. The predicted molar refractivity (Wildman–Crippen MR) is 67.5 cm³/mol. The molecule has 2 amide bonds. The van der Waals surface area contributed by atoms with Gasteiger partial charge in [-0.25, -0.2) is 0 Å². The van der Waals surface area contributed by atoms with Crippen LogP contribution < -0.4 is 5.32 Å². The molecular formula is C13H24N2O2. The lowest BCUT2D eigenvalue weighted by atomic mass is 9.89. The molecule has 0 bridgehead atoms. The average molecular weight is 240 g/mol. The number of nitrogens with zero attached hydrogens (tertiary/aromatic N) is 1. The van der Waals surface area contributed by atoms with Crippen LogP contribution in [0.3, 0.4) is 0 Å². The molecule has 1 aliphatic rings. The van der Waals surface area contributed by atoms with E-state index in [0.29, 0.717) is 13.1 Å². The Kier molecular flexibility index (Phi) is 6.01. The van der Waals surface area contributed by atoms with E-state index in [1.54, 1.807) is 4.90 Å². The minimum atomic E-state index is 0.0131. The van der Waals surface area contributed by atoms with Crippen LogP contribution in [0.5, 0.6) is 0 Å². The lowest BCUT2D eigenvalue weighted by Gasteiger charge is -2.22. The van der Waals surface area contributed by atoms with E-state index in [9.17, 15) is 9.59 Å². The molecule has 0 spiro atoms. The van der Waals surface area contributed by atoms with E-state index in [1.165, 1.54) is 6.42 Å². The molecule has 1 N–H and O–H groups in total. The Bertz CT molecular complexity index is 256. The Hall–Kier alpha value is -1.06. The third kappa shape index (κ3) is 4.36. The van der Waals surface area contributed by atoms with Crippen molar-refractivity contribution in [2.75, 3.05) is 19.6 Å². The molecule has 0 aromatic carbocycles. The summed E-state index contributed by atoms with van der Waals surface area (Å²) in [6, 6.07) is 0. The second kappa shape index (κ2) is 7.30. The van der Waals surface area contributed by atoms with Gasteiger partial charge in [-0.1, -0.05) is 19.3 Å². The molecule has 98 valence electrons. The van der Waals surface area contributed by atoms with Gasteiger partial charge in [0.2, 0.25) is 11.8 Å². The largest absolute Gasteiger partial charge is 0.347 e. The Morgan fingerprint density at radius 3 is 2.24 bits per heavy atom. The van der Waals surface area contributed by atoms with Crippen LogP contribution >= 0.6 is 0 Å². The van der Waals surface area contributed by atoms with Gasteiger partial charge in [0, 0.05) is 19.0 Å². The zero-order valence-corrected chi connectivity index (χ0v) is 11.0. The van der Waals surface area contributed by atoms with Crippen molar-refractivity contribution < 1.29 is 9.59 Å². The van der Waals surface area contributed by atoms with Gasteiger partial charge in [-0.05, 0) is 26.7 Å². The van der Waals surface area contributed by atoms with Gasteiger partial charge in [0.25, 0.3) is 0 Å². The van der Waals surface area contributed by atoms with Crippen LogP contribution in [0.15, 0.2) is 0 Å². The Balaban J connectivity index is 2.29. The molecule has 0 aromatic rings. The average Bonchev–Trinajstić information content (AvgIpc) is 2.38. The third-order valence-corrected chi connectivity index (χ3v) is 3.51. The summed E-state index contributed by atoms with van der Waals surface area (Å²) in [6.07, 6.45) is 5.48. The van der Waals surface area contributed by atoms with Crippen molar-refractivity contribution in [3.63, 3.8) is 0 Å². The Labute approximate surface area is 104 Å². The maximum Gasteiger partial charge on any atom is 0.241 e. The monoisotopic (exact) mass is 240 g/mol. The zero-order chi connectivity index (χ0) is 12.7. The first kappa shape index (κ1) is 14.0. The molecule has 0 heterocycles. The summed E-state index contributed by atoms with van der Waals surface area (Å²) < 4.78 is 0. The standard InChI is InChI=1S/C13H24N2O2/c1-3-15(4-2)12(16)10-14-13(17)11-8-6-5-7-9-11/h11H,3-10H2,1-2H3,(H,14,17). The number of hydrogen-bond acceptors (Lipinski definition) is 2. The SMILES string of the molecule is CCN(CC)C(=O)CNC(=O)C1CCCCC1. The van der Waals surface area contributed by atoms with Crippen molar-refractivity contribution in [3.05, 3.63) is 0 Å². The van der Waals surface area contributed by atoms with Crippen LogP contribution in [0.1, 0.15) is 46.0 Å². The molecule has 1 fully saturated rings. The molecule has 17 heavy (non-hydrogen) atoms. The first-order valence-corrected chi connectivity index (χ1v) is 6.74. The molecule has 0 atom stereocenters. The van der Waals surface area contributed by atoms with Crippen molar-refractivity contribution >= 4 is 11.8 Å². The van der Waals surface area contributed by atoms with E-state index in [4.69, 9.17) is 0 Å². The summed E-state index contributed by atoms with van der Waals surface area (Å²) in [7, 11) is 0. The molecule has 1 rings (SSSR count). The van der Waals surface area contributed by atoms with Crippen LogP contribution in [0.2, 0.25) is 0 Å². The molecule has 0 saturated heterocycles. The van der Waals surface area contributed by atoms with Crippen LogP contribution in [-0.4, -0.2) is 36.3 Å². The molecule has 0 unspecified atom stereocenters. The molecule has 1 aliphatic carbocycles. The highest BCUT2D eigenvalue weighted by Crippen LogP contribution is 2.23. The van der Waals surface area contributed by atoms with Crippen molar-refractivity contribution in [2.24, 2.45) is 5.92 Å². The molecule has 0 aliphatic heterocycles. The highest BCUT2D eigenvalue weighted by Gasteiger charge is 2.21. The van der Waals surface area contributed by atoms with E-state index in [-0.39, 0.29) is 24.3 Å². The van der Waals surface area contributed by atoms with Gasteiger partial charge in [-0.3, -0.25) is 9.59 Å². The summed E-state index contributed by atoms with van der Waals surface area (Å²) in [4.78, 5) is 25.3. The van der Waals surface area contributed by atoms with Gasteiger partial charge >= 0.3 is 0 Å². The summed E-state index contributed by atoms with van der Waals surface area (Å²) in [5, 5.41) is 2.77. The predicted octanol–water partition coefficient (Wildman–Crippen LogP) is 1.55. The van der Waals surface area contributed by atoms with Crippen molar-refractivity contribution in [2.45, 2.75) is 46.0 Å². The molecular weight excluding hydrogens is 216 g/mol. The molecule has 4 nitrogen and oxygen atoms in total. The number of nitrogens with one attached hydrogen (secondary N) is 1. The summed E-state index contributed by atoms with van der Waals surface area (Å²) in [6.45, 7) is 5.45. The molecule has 1 saturated carbocycles. The smallest absolute Gasteiger partial charge is 0.241 e. The van der Waals surface area contributed by atoms with Gasteiger partial charge in [-0.2, -0.15) is 0 Å². The number of hydrogen-bond donors (Lipinski definition) is 1. The number of rotatable bonds is 5. The molecule has 4 heteroatoms. The fraction of sp³-hybridized carbons (Fsp3) is 0.846. The Morgan fingerprint density at radius 1 is 1.12 bits per heavy atom. The van der Waals surface area contributed by atoms with E-state index in [1.807, 2.05) is 13.8 Å². The number of carbonyl (C=O) groups is 2. The van der Waals surface area contributed by atoms with Gasteiger partial charge in [0.15, 0.2) is 0 Å². The first-order chi connectivity index (χ1) is 8.19. The number of amides is 2. The Morgan fingerprint density at radius 2 is 1.71 bits per heavy atom. The van der Waals surface area contributed by atoms with Crippen LogP contribution in [0, 0.1) is 5.92 Å². The fourth-order valence-electron chi connectivity index (χ4n) is 2.36. The maximum absolute atomic E-state index is 11.8. The van der Waals surface area contributed by atoms with Gasteiger partial charge in [-0.15, -0.1) is 0 Å². The molecule has 0 radical (unpaired) electrons. The van der Waals surface area contributed by atoms with Crippen molar-refractivity contribution in [1.82, 2.24) is 10.2 Å². The highest BCUT2D eigenvalue weighted by atomic mass is 16.2. The topological polar surface area (TPSA) is 49.4 Å². The van der Waals surface area contributed by atoms with Gasteiger partial charge in [0.05, 0.1) is 6.54 Å². The van der Waals surface area contributed by atoms with Crippen LogP contribution in [0.25, 0.3) is 0 Å². The third-order valence-electron chi connectivity index (χ3n) is 3.51. The lowest BCUT2D eigenvalue weighted by Crippen LogP contribution is -2.42.